The number of pyridine rings is 1. The standard InChI is InChI=1S/C12H11N3O2/c1-3-10-9(11-4-7(2)15-17-11)5-8(6-13)12(16)14-10/h4-5H,3H2,1-2H3,(H,14,16). The summed E-state index contributed by atoms with van der Waals surface area (Å²) in [5.41, 5.74) is 1.91. The monoisotopic (exact) mass is 229 g/mol. The number of hydrogen-bond acceptors (Lipinski definition) is 4. The van der Waals surface area contributed by atoms with E-state index in [-0.39, 0.29) is 11.1 Å². The van der Waals surface area contributed by atoms with Crippen LogP contribution in [0.5, 0.6) is 0 Å². The lowest BCUT2D eigenvalue weighted by Crippen LogP contribution is -2.13. The van der Waals surface area contributed by atoms with Crippen molar-refractivity contribution in [2.24, 2.45) is 0 Å². The highest BCUT2D eigenvalue weighted by Crippen LogP contribution is 2.23. The minimum absolute atomic E-state index is 0.0752. The molecule has 17 heavy (non-hydrogen) atoms. The highest BCUT2D eigenvalue weighted by atomic mass is 16.5. The fraction of sp³-hybridized carbons (Fsp3) is 0.250. The van der Waals surface area contributed by atoms with Gasteiger partial charge in [0.05, 0.1) is 5.69 Å². The summed E-state index contributed by atoms with van der Waals surface area (Å²) in [4.78, 5) is 14.2. The van der Waals surface area contributed by atoms with E-state index in [1.807, 2.05) is 19.9 Å². The van der Waals surface area contributed by atoms with Crippen molar-refractivity contribution in [2.75, 3.05) is 0 Å². The van der Waals surface area contributed by atoms with E-state index >= 15 is 0 Å². The zero-order valence-corrected chi connectivity index (χ0v) is 9.57. The first-order valence-corrected chi connectivity index (χ1v) is 5.25. The molecule has 0 saturated heterocycles. The molecule has 0 aliphatic rings. The van der Waals surface area contributed by atoms with Gasteiger partial charge in [-0.25, -0.2) is 0 Å². The van der Waals surface area contributed by atoms with Crippen molar-refractivity contribution in [3.05, 3.63) is 39.4 Å². The van der Waals surface area contributed by atoms with Gasteiger partial charge >= 0.3 is 0 Å². The molecular formula is C12H11N3O2. The van der Waals surface area contributed by atoms with Crippen LogP contribution in [-0.2, 0) is 6.42 Å². The van der Waals surface area contributed by atoms with Crippen LogP contribution in [0.3, 0.4) is 0 Å². The van der Waals surface area contributed by atoms with E-state index in [9.17, 15) is 4.79 Å². The van der Waals surface area contributed by atoms with Gasteiger partial charge in [-0.2, -0.15) is 5.26 Å². The van der Waals surface area contributed by atoms with Crippen LogP contribution in [-0.4, -0.2) is 10.1 Å². The quantitative estimate of drug-likeness (QED) is 0.850. The first kappa shape index (κ1) is 11.1. The first-order valence-electron chi connectivity index (χ1n) is 5.25. The lowest BCUT2D eigenvalue weighted by atomic mass is 10.1. The molecule has 2 aromatic heterocycles. The highest BCUT2D eigenvalue weighted by molar-refractivity contribution is 5.62. The molecule has 0 aromatic carbocycles. The molecule has 0 fully saturated rings. The molecule has 86 valence electrons. The van der Waals surface area contributed by atoms with Crippen LogP contribution in [0.1, 0.15) is 23.9 Å². The van der Waals surface area contributed by atoms with E-state index in [0.717, 1.165) is 11.4 Å². The third-order valence-electron chi connectivity index (χ3n) is 2.49. The second kappa shape index (κ2) is 4.26. The van der Waals surface area contributed by atoms with Gasteiger partial charge in [0.25, 0.3) is 5.56 Å². The SMILES string of the molecule is CCc1[nH]c(=O)c(C#N)cc1-c1cc(C)no1. The third kappa shape index (κ3) is 1.97. The molecule has 5 nitrogen and oxygen atoms in total. The van der Waals surface area contributed by atoms with Crippen molar-refractivity contribution in [3.63, 3.8) is 0 Å². The molecule has 0 spiro atoms. The molecule has 0 aliphatic heterocycles. The molecular weight excluding hydrogens is 218 g/mol. The molecule has 0 aliphatic carbocycles. The number of hydrogen-bond donors (Lipinski definition) is 1. The van der Waals surface area contributed by atoms with Gasteiger partial charge in [-0.05, 0) is 19.4 Å². The predicted octanol–water partition coefficient (Wildman–Crippen LogP) is 1.77. The number of H-pyrrole nitrogens is 1. The fourth-order valence-corrected chi connectivity index (χ4v) is 1.64. The Balaban J connectivity index is 2.68. The second-order valence-electron chi connectivity index (χ2n) is 3.70. The lowest BCUT2D eigenvalue weighted by molar-refractivity contribution is 0.426. The van der Waals surface area contributed by atoms with Gasteiger partial charge in [0.15, 0.2) is 5.76 Å². The molecule has 0 bridgehead atoms. The minimum atomic E-state index is -0.371. The van der Waals surface area contributed by atoms with E-state index in [1.165, 1.54) is 6.07 Å². The van der Waals surface area contributed by atoms with E-state index < -0.39 is 0 Å². The molecule has 0 unspecified atom stereocenters. The van der Waals surface area contributed by atoms with Gasteiger partial charge in [0.1, 0.15) is 11.6 Å². The highest BCUT2D eigenvalue weighted by Gasteiger charge is 2.12. The van der Waals surface area contributed by atoms with E-state index in [2.05, 4.69) is 10.1 Å². The molecule has 2 aromatic rings. The van der Waals surface area contributed by atoms with Crippen molar-refractivity contribution in [2.45, 2.75) is 20.3 Å². The van der Waals surface area contributed by atoms with Crippen LogP contribution in [0.15, 0.2) is 21.5 Å². The average Bonchev–Trinajstić information content (AvgIpc) is 2.75. The minimum Gasteiger partial charge on any atom is -0.356 e. The van der Waals surface area contributed by atoms with Crippen molar-refractivity contribution >= 4 is 0 Å². The van der Waals surface area contributed by atoms with Gasteiger partial charge in [-0.15, -0.1) is 0 Å². The van der Waals surface area contributed by atoms with Crippen molar-refractivity contribution in [1.82, 2.24) is 10.1 Å². The molecule has 5 heteroatoms. The van der Waals surface area contributed by atoms with E-state index in [0.29, 0.717) is 17.7 Å². The Morgan fingerprint density at radius 2 is 2.29 bits per heavy atom. The summed E-state index contributed by atoms with van der Waals surface area (Å²) in [6, 6.07) is 5.17. The number of aryl methyl sites for hydroxylation is 2. The first-order chi connectivity index (χ1) is 8.15. The number of rotatable bonds is 2. The summed E-state index contributed by atoms with van der Waals surface area (Å²) in [5, 5.41) is 12.6. The summed E-state index contributed by atoms with van der Waals surface area (Å²) in [6.45, 7) is 3.74. The molecule has 1 N–H and O–H groups in total. The van der Waals surface area contributed by atoms with Crippen LogP contribution in [0, 0.1) is 18.3 Å². The molecule has 0 saturated carbocycles. The maximum Gasteiger partial charge on any atom is 0.266 e. The number of nitriles is 1. The molecule has 0 amide bonds. The average molecular weight is 229 g/mol. The Kier molecular flexibility index (Phi) is 2.79. The lowest BCUT2D eigenvalue weighted by Gasteiger charge is -2.04. The topological polar surface area (TPSA) is 82.7 Å². The smallest absolute Gasteiger partial charge is 0.266 e. The van der Waals surface area contributed by atoms with Crippen molar-refractivity contribution < 1.29 is 4.52 Å². The number of nitrogens with zero attached hydrogens (tertiary/aromatic N) is 2. The Morgan fingerprint density at radius 3 is 2.82 bits per heavy atom. The summed E-state index contributed by atoms with van der Waals surface area (Å²) in [7, 11) is 0. The van der Waals surface area contributed by atoms with E-state index in [1.54, 1.807) is 6.07 Å². The van der Waals surface area contributed by atoms with Crippen molar-refractivity contribution in [1.29, 1.82) is 5.26 Å². The van der Waals surface area contributed by atoms with Crippen LogP contribution >= 0.6 is 0 Å². The second-order valence-corrected chi connectivity index (χ2v) is 3.70. The summed E-state index contributed by atoms with van der Waals surface area (Å²) in [6.07, 6.45) is 0.649. The van der Waals surface area contributed by atoms with Gasteiger partial charge in [-0.1, -0.05) is 12.1 Å². The molecule has 0 radical (unpaired) electrons. The van der Waals surface area contributed by atoms with Crippen LogP contribution in [0.4, 0.5) is 0 Å². The largest absolute Gasteiger partial charge is 0.356 e. The zero-order chi connectivity index (χ0) is 12.4. The number of aromatic amines is 1. The van der Waals surface area contributed by atoms with Crippen molar-refractivity contribution in [3.8, 4) is 17.4 Å². The van der Waals surface area contributed by atoms with E-state index in [4.69, 9.17) is 9.78 Å². The summed E-state index contributed by atoms with van der Waals surface area (Å²) in [5.74, 6) is 0.562. The molecule has 0 atom stereocenters. The summed E-state index contributed by atoms with van der Waals surface area (Å²) >= 11 is 0. The number of nitrogens with one attached hydrogen (secondary N) is 1. The Bertz CT molecular complexity index is 647. The molecule has 2 heterocycles. The molecule has 2 rings (SSSR count). The predicted molar refractivity (Wildman–Crippen MR) is 61.4 cm³/mol. The van der Waals surface area contributed by atoms with Gasteiger partial charge in [-0.3, -0.25) is 4.79 Å². The third-order valence-corrected chi connectivity index (χ3v) is 2.49. The maximum atomic E-state index is 11.5. The summed E-state index contributed by atoms with van der Waals surface area (Å²) < 4.78 is 5.15. The fourth-order valence-electron chi connectivity index (χ4n) is 1.64. The van der Waals surface area contributed by atoms with Crippen LogP contribution < -0.4 is 5.56 Å². The van der Waals surface area contributed by atoms with Gasteiger partial charge in [0, 0.05) is 17.3 Å². The normalized spacial score (nSPS) is 10.2. The Hall–Kier alpha value is -2.35. The Labute approximate surface area is 97.7 Å². The zero-order valence-electron chi connectivity index (χ0n) is 9.57. The Morgan fingerprint density at radius 1 is 1.53 bits per heavy atom. The van der Waals surface area contributed by atoms with Gasteiger partial charge < -0.3 is 9.51 Å². The van der Waals surface area contributed by atoms with Crippen LogP contribution in [0.2, 0.25) is 0 Å². The number of aromatic nitrogens is 2. The maximum absolute atomic E-state index is 11.5. The van der Waals surface area contributed by atoms with Gasteiger partial charge in [0.2, 0.25) is 0 Å². The van der Waals surface area contributed by atoms with Crippen LogP contribution in [0.25, 0.3) is 11.3 Å².